The summed E-state index contributed by atoms with van der Waals surface area (Å²) in [6.07, 6.45) is 39.9. The molecule has 0 radical (unpaired) electrons. The lowest BCUT2D eigenvalue weighted by atomic mass is 9.62. The van der Waals surface area contributed by atoms with Gasteiger partial charge in [0.2, 0.25) is 0 Å². The van der Waals surface area contributed by atoms with Gasteiger partial charge in [0.05, 0.1) is 0 Å². The lowest BCUT2D eigenvalue weighted by Crippen LogP contribution is -2.47. The topological polar surface area (TPSA) is 86.7 Å². The molecule has 1 fully saturated rings. The molecule has 342 valence electrons. The van der Waals surface area contributed by atoms with E-state index in [1.165, 1.54) is 19.3 Å². The van der Waals surface area contributed by atoms with E-state index in [1.54, 1.807) is 0 Å². The molecule has 0 aliphatic heterocycles. The van der Waals surface area contributed by atoms with E-state index in [-0.39, 0.29) is 46.2 Å². The number of hydrogen-bond donors (Lipinski definition) is 0. The van der Waals surface area contributed by atoms with Crippen LogP contribution >= 0.6 is 0 Å². The van der Waals surface area contributed by atoms with Gasteiger partial charge in [-0.25, -0.2) is 0 Å². The Morgan fingerprint density at radius 3 is 1.58 bits per heavy atom. The van der Waals surface area contributed by atoms with Crippen molar-refractivity contribution < 1.29 is 28.7 Å². The van der Waals surface area contributed by atoms with E-state index >= 15 is 0 Å². The molecule has 6 heteroatoms. The van der Waals surface area contributed by atoms with Gasteiger partial charge in [-0.15, -0.1) is 0 Å². The predicted octanol–water partition coefficient (Wildman–Crippen LogP) is 14.7. The molecule has 0 spiro atoms. The average Bonchev–Trinajstić information content (AvgIpc) is 3.19. The summed E-state index contributed by atoms with van der Waals surface area (Å²) in [7, 11) is 0. The van der Waals surface area contributed by atoms with Crippen molar-refractivity contribution in [3.63, 3.8) is 0 Å². The van der Waals surface area contributed by atoms with Crippen molar-refractivity contribution in [3.05, 3.63) is 119 Å². The Kier molecular flexibility index (Phi) is 24.0. The van der Waals surface area contributed by atoms with Crippen LogP contribution in [0, 0.1) is 22.7 Å². The SMILES string of the molecule is CCCCCCCC(=O)O[C@H]1CC(C)(C)C(/C=C/C(C)=C/C=C/C(C)=C/C=C/C=C(C)/C=C/C=C(C)/C=C/C2C(C)C(=O)[C@@H](OC(=O)CCCCCCC)CC2(C)C)=C(C)C1=O. The molecular weight excluding hydrogens is 769 g/mol. The van der Waals surface area contributed by atoms with E-state index in [0.717, 1.165) is 72.8 Å². The predicted molar refractivity (Wildman–Crippen MR) is 259 cm³/mol. The summed E-state index contributed by atoms with van der Waals surface area (Å²) in [6, 6.07) is 0. The van der Waals surface area contributed by atoms with Crippen LogP contribution in [0.15, 0.2) is 119 Å². The van der Waals surface area contributed by atoms with E-state index in [2.05, 4.69) is 111 Å². The molecule has 2 rings (SSSR count). The van der Waals surface area contributed by atoms with Gasteiger partial charge in [0.1, 0.15) is 0 Å². The van der Waals surface area contributed by atoms with Crippen molar-refractivity contribution in [2.75, 3.05) is 0 Å². The number of ketones is 2. The lowest BCUT2D eigenvalue weighted by Gasteiger charge is -2.43. The molecule has 0 heterocycles. The van der Waals surface area contributed by atoms with Crippen molar-refractivity contribution >= 4 is 23.5 Å². The van der Waals surface area contributed by atoms with Crippen LogP contribution in [-0.4, -0.2) is 35.7 Å². The van der Waals surface area contributed by atoms with Crippen LogP contribution in [0.5, 0.6) is 0 Å². The molecule has 0 N–H and O–H groups in total. The third-order valence-electron chi connectivity index (χ3n) is 12.3. The Morgan fingerprint density at radius 2 is 1.06 bits per heavy atom. The van der Waals surface area contributed by atoms with Crippen LogP contribution in [0.3, 0.4) is 0 Å². The highest BCUT2D eigenvalue weighted by Gasteiger charge is 2.46. The maximum Gasteiger partial charge on any atom is 0.306 e. The van der Waals surface area contributed by atoms with E-state index in [9.17, 15) is 19.2 Å². The lowest BCUT2D eigenvalue weighted by molar-refractivity contribution is -0.163. The van der Waals surface area contributed by atoms with Crippen LogP contribution < -0.4 is 0 Å². The second-order valence-electron chi connectivity index (χ2n) is 19.1. The molecule has 2 aliphatic rings. The van der Waals surface area contributed by atoms with Gasteiger partial charge in [-0.05, 0) is 81.8 Å². The molecule has 6 nitrogen and oxygen atoms in total. The van der Waals surface area contributed by atoms with E-state index < -0.39 is 12.2 Å². The number of esters is 2. The summed E-state index contributed by atoms with van der Waals surface area (Å²) in [6.45, 7) is 24.9. The molecule has 1 saturated carbocycles. The highest BCUT2D eigenvalue weighted by atomic mass is 16.6. The zero-order valence-electron chi connectivity index (χ0n) is 40.7. The minimum Gasteiger partial charge on any atom is -0.454 e. The van der Waals surface area contributed by atoms with Crippen molar-refractivity contribution in [2.45, 2.75) is 185 Å². The van der Waals surface area contributed by atoms with E-state index in [4.69, 9.17) is 9.47 Å². The largest absolute Gasteiger partial charge is 0.454 e. The molecule has 4 atom stereocenters. The number of unbranched alkanes of at least 4 members (excludes halogenated alkanes) is 8. The Hall–Kier alpha value is -4.32. The summed E-state index contributed by atoms with van der Waals surface area (Å²) in [4.78, 5) is 51.5. The first-order chi connectivity index (χ1) is 29.3. The normalized spacial score (nSPS) is 23.0. The molecule has 2 unspecified atom stereocenters. The molecular formula is C56H82O6. The van der Waals surface area contributed by atoms with Crippen molar-refractivity contribution in [1.82, 2.24) is 0 Å². The quantitative estimate of drug-likeness (QED) is 0.0546. The molecule has 2 aliphatic carbocycles. The van der Waals surface area contributed by atoms with Gasteiger partial charge in [-0.1, -0.05) is 207 Å². The fourth-order valence-electron chi connectivity index (χ4n) is 8.37. The van der Waals surface area contributed by atoms with Gasteiger partial charge in [0.15, 0.2) is 23.8 Å². The third kappa shape index (κ3) is 19.4. The Labute approximate surface area is 377 Å². The van der Waals surface area contributed by atoms with E-state index in [0.29, 0.717) is 31.3 Å². The second-order valence-corrected chi connectivity index (χ2v) is 19.1. The molecule has 0 amide bonds. The second kappa shape index (κ2) is 27.7. The number of carbonyl (C=O) groups is 4. The first-order valence-electron chi connectivity index (χ1n) is 23.6. The summed E-state index contributed by atoms with van der Waals surface area (Å²) in [5.41, 5.74) is 5.56. The molecule has 0 aromatic carbocycles. The van der Waals surface area contributed by atoms with Crippen LogP contribution in [0.4, 0.5) is 0 Å². The van der Waals surface area contributed by atoms with Gasteiger partial charge in [-0.3, -0.25) is 19.2 Å². The number of rotatable bonds is 24. The van der Waals surface area contributed by atoms with Crippen LogP contribution in [-0.2, 0) is 28.7 Å². The third-order valence-corrected chi connectivity index (χ3v) is 12.3. The molecule has 0 aromatic heterocycles. The van der Waals surface area contributed by atoms with Crippen molar-refractivity contribution in [3.8, 4) is 0 Å². The smallest absolute Gasteiger partial charge is 0.306 e. The standard InChI is InChI=1S/C56H82O6/c1-13-15-17-19-21-33-51(57)61-49-39-55(9,10)47(45(7)53(49)59)37-35-43(5)31-25-29-41(3)27-23-24-28-42(4)30-26-32-44(6)36-38-48-46(8)54(60)50(40-56(48,11)12)62-52(58)34-22-20-18-16-14-2/h23-32,35-38,45,47,49-50H,13-22,33-34,39-40H2,1-12H3/b24-23+,29-25+,30-26+,37-35+,38-36+,41-27+,42-28+,43-31+,44-32+/t45?,47?,49-,50-/m0/s1. The van der Waals surface area contributed by atoms with Crippen LogP contribution in [0.25, 0.3) is 0 Å². The number of carbonyl (C=O) groups excluding carboxylic acids is 4. The zero-order chi connectivity index (χ0) is 46.3. The van der Waals surface area contributed by atoms with Gasteiger partial charge in [-0.2, -0.15) is 0 Å². The van der Waals surface area contributed by atoms with Crippen LogP contribution in [0.1, 0.15) is 173 Å². The number of Topliss-reactive ketones (excluding diaryl/α,β-unsaturated/α-hetero) is 2. The first-order valence-corrected chi connectivity index (χ1v) is 23.6. The highest BCUT2D eigenvalue weighted by molar-refractivity contribution is 6.01. The minimum absolute atomic E-state index is 0.0259. The summed E-state index contributed by atoms with van der Waals surface area (Å²) < 4.78 is 11.4. The molecule has 0 aromatic rings. The number of allylic oxidation sites excluding steroid dienone is 19. The molecule has 0 bridgehead atoms. The minimum atomic E-state index is -0.713. The highest BCUT2D eigenvalue weighted by Crippen LogP contribution is 2.44. The van der Waals surface area contributed by atoms with Crippen molar-refractivity contribution in [1.29, 1.82) is 0 Å². The summed E-state index contributed by atoms with van der Waals surface area (Å²) >= 11 is 0. The van der Waals surface area contributed by atoms with Gasteiger partial charge < -0.3 is 9.47 Å². The van der Waals surface area contributed by atoms with E-state index in [1.807, 2.05) is 57.2 Å². The van der Waals surface area contributed by atoms with Gasteiger partial charge in [0, 0.05) is 25.2 Å². The zero-order valence-corrected chi connectivity index (χ0v) is 40.7. The maximum atomic E-state index is 13.3. The summed E-state index contributed by atoms with van der Waals surface area (Å²) in [5, 5.41) is 0. The van der Waals surface area contributed by atoms with Crippen molar-refractivity contribution in [2.24, 2.45) is 22.7 Å². The summed E-state index contributed by atoms with van der Waals surface area (Å²) in [5.74, 6) is -0.760. The Bertz CT molecular complexity index is 1810. The Balaban J connectivity index is 1.90. The first kappa shape index (κ1) is 53.8. The Morgan fingerprint density at radius 1 is 0.613 bits per heavy atom. The average molecular weight is 851 g/mol. The van der Waals surface area contributed by atoms with Gasteiger partial charge in [0.25, 0.3) is 0 Å². The molecule has 0 saturated heterocycles. The maximum absolute atomic E-state index is 13.3. The molecule has 62 heavy (non-hydrogen) atoms. The number of hydrogen-bond acceptors (Lipinski definition) is 6. The number of ether oxygens (including phenoxy) is 2. The van der Waals surface area contributed by atoms with Gasteiger partial charge >= 0.3 is 11.9 Å². The fourth-order valence-corrected chi connectivity index (χ4v) is 8.37. The fraction of sp³-hybridized carbons (Fsp3) is 0.571. The monoisotopic (exact) mass is 851 g/mol. The van der Waals surface area contributed by atoms with Crippen LogP contribution in [0.2, 0.25) is 0 Å².